The number of carboxylic acids is 1. The van der Waals surface area contributed by atoms with Gasteiger partial charge in [-0.05, 0) is 18.9 Å². The molecule has 0 saturated carbocycles. The van der Waals surface area contributed by atoms with Gasteiger partial charge in [0, 0.05) is 26.4 Å². The summed E-state index contributed by atoms with van der Waals surface area (Å²) in [4.78, 5) is 35.1. The Labute approximate surface area is 123 Å². The first kappa shape index (κ1) is 16.7. The molecule has 0 unspecified atom stereocenters. The first-order valence-electron chi connectivity index (χ1n) is 6.71. The second kappa shape index (κ2) is 8.04. The van der Waals surface area contributed by atoms with Crippen LogP contribution in [0.2, 0.25) is 0 Å². The van der Waals surface area contributed by atoms with Gasteiger partial charge in [0.05, 0.1) is 0 Å². The normalized spacial score (nSPS) is 10.0. The summed E-state index contributed by atoms with van der Waals surface area (Å²) in [6, 6.07) is 7.27. The summed E-state index contributed by atoms with van der Waals surface area (Å²) < 4.78 is 0. The van der Waals surface area contributed by atoms with Gasteiger partial charge in [-0.2, -0.15) is 0 Å². The molecule has 0 atom stereocenters. The van der Waals surface area contributed by atoms with E-state index in [0.717, 1.165) is 11.1 Å². The fourth-order valence-electron chi connectivity index (χ4n) is 1.83. The highest BCUT2D eigenvalue weighted by Gasteiger charge is 2.13. The predicted molar refractivity (Wildman–Crippen MR) is 77.7 cm³/mol. The molecule has 0 aliphatic rings. The van der Waals surface area contributed by atoms with Gasteiger partial charge in [0.25, 0.3) is 0 Å². The monoisotopic (exact) mass is 292 g/mol. The molecular formula is C15H20N2O4. The van der Waals surface area contributed by atoms with Crippen LogP contribution < -0.4 is 5.32 Å². The molecule has 1 rings (SSSR count). The molecule has 0 fully saturated rings. The zero-order valence-electron chi connectivity index (χ0n) is 12.3. The number of nitrogens with one attached hydrogen (secondary N) is 1. The summed E-state index contributed by atoms with van der Waals surface area (Å²) in [5.74, 6) is -1.41. The van der Waals surface area contributed by atoms with E-state index in [1.54, 1.807) is 7.05 Å². The fraction of sp³-hybridized carbons (Fsp3) is 0.400. The number of hydrogen-bond acceptors (Lipinski definition) is 3. The maximum Gasteiger partial charge on any atom is 0.324 e. The average Bonchev–Trinajstić information content (AvgIpc) is 2.38. The Hall–Kier alpha value is -2.37. The highest BCUT2D eigenvalue weighted by molar-refractivity contribution is 5.94. The van der Waals surface area contributed by atoms with E-state index in [1.807, 2.05) is 31.2 Å². The summed E-state index contributed by atoms with van der Waals surface area (Å²) in [5.41, 5.74) is 2.08. The molecule has 3 amide bonds. The molecule has 114 valence electrons. The van der Waals surface area contributed by atoms with Crippen LogP contribution in [0.25, 0.3) is 0 Å². The summed E-state index contributed by atoms with van der Waals surface area (Å²) in [7, 11) is 1.60. The van der Waals surface area contributed by atoms with Gasteiger partial charge in [0.2, 0.25) is 5.91 Å². The molecule has 0 saturated heterocycles. The predicted octanol–water partition coefficient (Wildman–Crippen LogP) is 1.92. The molecule has 0 aromatic heterocycles. The van der Waals surface area contributed by atoms with E-state index in [2.05, 4.69) is 5.32 Å². The van der Waals surface area contributed by atoms with Crippen molar-refractivity contribution in [3.63, 3.8) is 0 Å². The van der Waals surface area contributed by atoms with Gasteiger partial charge >= 0.3 is 12.0 Å². The summed E-state index contributed by atoms with van der Waals surface area (Å²) in [5, 5.41) is 10.7. The lowest BCUT2D eigenvalue weighted by Crippen LogP contribution is -2.40. The molecule has 0 bridgehead atoms. The number of carboxylic acid groups (broad SMARTS) is 1. The number of carbonyl (C=O) groups excluding carboxylic acids is 2. The Morgan fingerprint density at radius 3 is 2.57 bits per heavy atom. The van der Waals surface area contributed by atoms with Gasteiger partial charge in [-0.3, -0.25) is 14.9 Å². The zero-order valence-corrected chi connectivity index (χ0v) is 12.3. The van der Waals surface area contributed by atoms with Crippen LogP contribution in [-0.4, -0.2) is 35.0 Å². The van der Waals surface area contributed by atoms with Gasteiger partial charge in [0.1, 0.15) is 0 Å². The molecule has 6 nitrogen and oxygen atoms in total. The number of carbonyl (C=O) groups is 3. The lowest BCUT2D eigenvalue weighted by molar-refractivity contribution is -0.137. The maximum atomic E-state index is 11.8. The minimum Gasteiger partial charge on any atom is -0.481 e. The number of aryl methyl sites for hydroxylation is 1. The number of urea groups is 1. The van der Waals surface area contributed by atoms with Crippen molar-refractivity contribution in [3.05, 3.63) is 35.4 Å². The second-order valence-electron chi connectivity index (χ2n) is 4.95. The number of hydrogen-bond donors (Lipinski definition) is 2. The van der Waals surface area contributed by atoms with E-state index in [4.69, 9.17) is 5.11 Å². The van der Waals surface area contributed by atoms with E-state index in [9.17, 15) is 14.4 Å². The Bertz CT molecular complexity index is 528. The van der Waals surface area contributed by atoms with Crippen LogP contribution in [0.4, 0.5) is 4.79 Å². The standard InChI is InChI=1S/C15H20N2O4/c1-11-5-3-6-12(9-11)10-17(2)15(21)16-13(18)7-4-8-14(19)20/h3,5-6,9H,4,7-8,10H2,1-2H3,(H,19,20)(H,16,18,21). The number of rotatable bonds is 6. The molecule has 1 aromatic carbocycles. The first-order chi connectivity index (χ1) is 9.88. The molecule has 1 aromatic rings. The quantitative estimate of drug-likeness (QED) is 0.838. The van der Waals surface area contributed by atoms with Gasteiger partial charge < -0.3 is 10.0 Å². The smallest absolute Gasteiger partial charge is 0.324 e. The molecule has 0 aliphatic carbocycles. The van der Waals surface area contributed by atoms with Crippen molar-refractivity contribution in [1.82, 2.24) is 10.2 Å². The van der Waals surface area contributed by atoms with Crippen molar-refractivity contribution in [1.29, 1.82) is 0 Å². The van der Waals surface area contributed by atoms with Gasteiger partial charge in [0.15, 0.2) is 0 Å². The topological polar surface area (TPSA) is 86.7 Å². The summed E-state index contributed by atoms with van der Waals surface area (Å²) in [6.45, 7) is 2.37. The third-order valence-corrected chi connectivity index (χ3v) is 2.89. The molecule has 0 radical (unpaired) electrons. The van der Waals surface area contributed by atoms with Crippen molar-refractivity contribution in [3.8, 4) is 0 Å². The second-order valence-corrected chi connectivity index (χ2v) is 4.95. The van der Waals surface area contributed by atoms with Crippen LogP contribution in [0, 0.1) is 6.92 Å². The van der Waals surface area contributed by atoms with Crippen molar-refractivity contribution in [2.75, 3.05) is 7.05 Å². The van der Waals surface area contributed by atoms with Crippen molar-refractivity contribution in [2.24, 2.45) is 0 Å². The molecule has 0 aliphatic heterocycles. The Kier molecular flexibility index (Phi) is 6.39. The molecule has 6 heteroatoms. The van der Waals surface area contributed by atoms with Crippen molar-refractivity contribution in [2.45, 2.75) is 32.7 Å². The fourth-order valence-corrected chi connectivity index (χ4v) is 1.83. The lowest BCUT2D eigenvalue weighted by atomic mass is 10.1. The lowest BCUT2D eigenvalue weighted by Gasteiger charge is -2.17. The van der Waals surface area contributed by atoms with E-state index >= 15 is 0 Å². The number of benzene rings is 1. The third kappa shape index (κ3) is 6.56. The van der Waals surface area contributed by atoms with E-state index in [1.165, 1.54) is 4.90 Å². The van der Waals surface area contributed by atoms with Gasteiger partial charge in [-0.1, -0.05) is 29.8 Å². The van der Waals surface area contributed by atoms with Gasteiger partial charge in [-0.25, -0.2) is 4.79 Å². The highest BCUT2D eigenvalue weighted by atomic mass is 16.4. The number of nitrogens with zero attached hydrogens (tertiary/aromatic N) is 1. The minimum absolute atomic E-state index is 0.0241. The van der Waals surface area contributed by atoms with Crippen LogP contribution in [0.3, 0.4) is 0 Å². The van der Waals surface area contributed by atoms with Crippen LogP contribution in [0.5, 0.6) is 0 Å². The maximum absolute atomic E-state index is 11.8. The Morgan fingerprint density at radius 2 is 1.95 bits per heavy atom. The van der Waals surface area contributed by atoms with Crippen LogP contribution in [0.15, 0.2) is 24.3 Å². The Morgan fingerprint density at radius 1 is 1.24 bits per heavy atom. The minimum atomic E-state index is -0.953. The van der Waals surface area contributed by atoms with Crippen LogP contribution >= 0.6 is 0 Å². The number of amides is 3. The number of imide groups is 1. The van der Waals surface area contributed by atoms with Crippen LogP contribution in [-0.2, 0) is 16.1 Å². The Balaban J connectivity index is 2.40. The van der Waals surface area contributed by atoms with E-state index < -0.39 is 17.9 Å². The van der Waals surface area contributed by atoms with Crippen LogP contribution in [0.1, 0.15) is 30.4 Å². The number of aliphatic carboxylic acids is 1. The van der Waals surface area contributed by atoms with Gasteiger partial charge in [-0.15, -0.1) is 0 Å². The molecule has 2 N–H and O–H groups in total. The largest absolute Gasteiger partial charge is 0.481 e. The molecular weight excluding hydrogens is 272 g/mol. The molecule has 0 spiro atoms. The highest BCUT2D eigenvalue weighted by Crippen LogP contribution is 2.06. The molecule has 21 heavy (non-hydrogen) atoms. The summed E-state index contributed by atoms with van der Waals surface area (Å²) in [6.07, 6.45) is 0.160. The van der Waals surface area contributed by atoms with E-state index in [-0.39, 0.29) is 19.3 Å². The first-order valence-corrected chi connectivity index (χ1v) is 6.71. The third-order valence-electron chi connectivity index (χ3n) is 2.89. The van der Waals surface area contributed by atoms with Crippen molar-refractivity contribution < 1.29 is 19.5 Å². The SMILES string of the molecule is Cc1cccc(CN(C)C(=O)NC(=O)CCCC(=O)O)c1. The summed E-state index contributed by atoms with van der Waals surface area (Å²) >= 11 is 0. The molecule has 0 heterocycles. The zero-order chi connectivity index (χ0) is 15.8. The average molecular weight is 292 g/mol. The van der Waals surface area contributed by atoms with Crippen molar-refractivity contribution >= 4 is 17.9 Å². The van der Waals surface area contributed by atoms with E-state index in [0.29, 0.717) is 6.54 Å².